The van der Waals surface area contributed by atoms with E-state index in [0.717, 1.165) is 17.4 Å². The number of aromatic nitrogens is 3. The Hall–Kier alpha value is -3.03. The predicted octanol–water partition coefficient (Wildman–Crippen LogP) is 3.80. The number of aldehydes is 1. The molecule has 0 atom stereocenters. The summed E-state index contributed by atoms with van der Waals surface area (Å²) >= 11 is 5.75. The second kappa shape index (κ2) is 11.2. The Morgan fingerprint density at radius 1 is 1.12 bits per heavy atom. The highest BCUT2D eigenvalue weighted by atomic mass is 35.5. The van der Waals surface area contributed by atoms with E-state index < -0.39 is 11.2 Å². The van der Waals surface area contributed by atoms with Crippen molar-refractivity contribution in [2.45, 2.75) is 44.4 Å². The average Bonchev–Trinajstić information content (AvgIpc) is 2.81. The number of nitrogens with one attached hydrogen (secondary N) is 2. The van der Waals surface area contributed by atoms with Gasteiger partial charge in [0.25, 0.3) is 5.56 Å². The Balaban J connectivity index is 0.000000186. The topological polar surface area (TPSA) is 96.8 Å². The molecule has 3 aromatic rings. The smallest absolute Gasteiger partial charge is 0.319 e. The van der Waals surface area contributed by atoms with Crippen molar-refractivity contribution in [3.05, 3.63) is 91.2 Å². The number of likely N-dealkylation sites (N-methyl/N-ethyl adjacent to an activating group) is 1. The summed E-state index contributed by atoms with van der Waals surface area (Å²) in [6.07, 6.45) is 8.41. The molecule has 7 nitrogen and oxygen atoms in total. The molecule has 0 spiro atoms. The van der Waals surface area contributed by atoms with Gasteiger partial charge in [-0.25, -0.2) is 4.79 Å². The van der Waals surface area contributed by atoms with E-state index in [1.807, 2.05) is 0 Å². The third-order valence-corrected chi connectivity index (χ3v) is 6.40. The molecule has 0 unspecified atom stereocenters. The summed E-state index contributed by atoms with van der Waals surface area (Å²) in [5, 5.41) is 7.32. The maximum absolute atomic E-state index is 11.4. The summed E-state index contributed by atoms with van der Waals surface area (Å²) in [5.74, 6) is 0. The lowest BCUT2D eigenvalue weighted by atomic mass is 9.69. The Bertz CT molecular complexity index is 1190. The minimum absolute atomic E-state index is 0.240. The summed E-state index contributed by atoms with van der Waals surface area (Å²) in [4.78, 5) is 35.0. The van der Waals surface area contributed by atoms with Crippen LogP contribution in [0.1, 0.15) is 53.6 Å². The van der Waals surface area contributed by atoms with Crippen molar-refractivity contribution in [3.63, 3.8) is 0 Å². The Morgan fingerprint density at radius 3 is 2.42 bits per heavy atom. The largest absolute Gasteiger partial charge is 0.349 e. The van der Waals surface area contributed by atoms with Gasteiger partial charge in [-0.05, 0) is 50.6 Å². The molecular formula is C25H29ClN4O3. The van der Waals surface area contributed by atoms with E-state index in [4.69, 9.17) is 11.6 Å². The molecule has 0 amide bonds. The molecule has 8 heteroatoms. The molecule has 1 heterocycles. The Kier molecular flexibility index (Phi) is 8.36. The monoisotopic (exact) mass is 468 g/mol. The van der Waals surface area contributed by atoms with Gasteiger partial charge in [-0.15, -0.1) is 0 Å². The van der Waals surface area contributed by atoms with Crippen LogP contribution < -0.4 is 16.6 Å². The quantitative estimate of drug-likeness (QED) is 0.555. The van der Waals surface area contributed by atoms with Crippen molar-refractivity contribution in [1.29, 1.82) is 0 Å². The zero-order valence-electron chi connectivity index (χ0n) is 18.9. The first-order chi connectivity index (χ1) is 15.9. The summed E-state index contributed by atoms with van der Waals surface area (Å²) in [7, 11) is 2.07. The first-order valence-electron chi connectivity index (χ1n) is 11.0. The second-order valence-corrected chi connectivity index (χ2v) is 8.82. The van der Waals surface area contributed by atoms with Crippen LogP contribution in [0.3, 0.4) is 0 Å². The minimum Gasteiger partial charge on any atom is -0.319 e. The first-order valence-corrected chi connectivity index (χ1v) is 11.4. The lowest BCUT2D eigenvalue weighted by molar-refractivity contribution is 0.112. The molecule has 4 rings (SSSR count). The molecule has 174 valence electrons. The Labute approximate surface area is 197 Å². The SMILES string of the molecule is CNCC1(c2ccc(C)cc2)CCCCC1.O=Cc1cc(-n2ncc(=O)[nH]c2=O)ccc1Cl. The summed E-state index contributed by atoms with van der Waals surface area (Å²) in [6, 6.07) is 13.6. The zero-order valence-corrected chi connectivity index (χ0v) is 19.7. The van der Waals surface area contributed by atoms with Gasteiger partial charge in [-0.3, -0.25) is 14.6 Å². The lowest BCUT2D eigenvalue weighted by Crippen LogP contribution is -2.38. The number of carbonyl (C=O) groups is 1. The van der Waals surface area contributed by atoms with Crippen LogP contribution >= 0.6 is 11.6 Å². The number of halogens is 1. The van der Waals surface area contributed by atoms with Crippen LogP contribution in [-0.4, -0.2) is 34.6 Å². The fraction of sp³-hybridized carbons (Fsp3) is 0.360. The first kappa shape index (κ1) is 24.6. The third-order valence-electron chi connectivity index (χ3n) is 6.05. The van der Waals surface area contributed by atoms with Crippen molar-refractivity contribution < 1.29 is 4.79 Å². The van der Waals surface area contributed by atoms with Crippen LogP contribution in [0.5, 0.6) is 0 Å². The van der Waals surface area contributed by atoms with Crippen molar-refractivity contribution in [3.8, 4) is 5.69 Å². The number of hydrogen-bond donors (Lipinski definition) is 2. The van der Waals surface area contributed by atoms with Gasteiger partial charge in [0, 0.05) is 17.5 Å². The lowest BCUT2D eigenvalue weighted by Gasteiger charge is -2.38. The van der Waals surface area contributed by atoms with Gasteiger partial charge in [0.15, 0.2) is 6.29 Å². The standard InChI is InChI=1S/C15H23N.C10H6ClN3O3/c1-13-6-8-14(9-7-13)15(12-16-2)10-4-3-5-11-15;11-8-2-1-7(3-6(8)5-15)14-10(17)13-9(16)4-12-14/h6-9,16H,3-5,10-12H2,1-2H3;1-5H,(H,13,16,17). The van der Waals surface area contributed by atoms with Gasteiger partial charge in [0.2, 0.25) is 0 Å². The number of aryl methyl sites for hydroxylation is 1. The normalized spacial score (nSPS) is 14.8. The van der Waals surface area contributed by atoms with Gasteiger partial charge in [-0.1, -0.05) is 60.7 Å². The van der Waals surface area contributed by atoms with E-state index in [1.165, 1.54) is 61.4 Å². The molecule has 0 aliphatic heterocycles. The number of rotatable bonds is 5. The number of hydrogen-bond acceptors (Lipinski definition) is 5. The number of carbonyl (C=O) groups excluding carboxylic acids is 1. The van der Waals surface area contributed by atoms with E-state index in [0.29, 0.717) is 17.4 Å². The molecule has 33 heavy (non-hydrogen) atoms. The highest BCUT2D eigenvalue weighted by Gasteiger charge is 2.32. The van der Waals surface area contributed by atoms with Crippen molar-refractivity contribution in [2.24, 2.45) is 0 Å². The van der Waals surface area contributed by atoms with E-state index in [2.05, 4.69) is 53.6 Å². The third kappa shape index (κ3) is 6.06. The number of H-pyrrole nitrogens is 1. The van der Waals surface area contributed by atoms with E-state index in [-0.39, 0.29) is 10.6 Å². The molecule has 0 saturated heterocycles. The van der Waals surface area contributed by atoms with E-state index in [1.54, 1.807) is 0 Å². The number of nitrogens with zero attached hydrogens (tertiary/aromatic N) is 2. The van der Waals surface area contributed by atoms with Crippen molar-refractivity contribution >= 4 is 17.9 Å². The molecular weight excluding hydrogens is 440 g/mol. The molecule has 1 aliphatic carbocycles. The van der Waals surface area contributed by atoms with Crippen molar-refractivity contribution in [2.75, 3.05) is 13.6 Å². The minimum atomic E-state index is -0.684. The number of aromatic amines is 1. The fourth-order valence-corrected chi connectivity index (χ4v) is 4.49. The highest BCUT2D eigenvalue weighted by molar-refractivity contribution is 6.33. The number of benzene rings is 2. The molecule has 0 radical (unpaired) electrons. The molecule has 0 bridgehead atoms. The van der Waals surface area contributed by atoms with Crippen LogP contribution in [0.4, 0.5) is 0 Å². The van der Waals surface area contributed by atoms with Crippen LogP contribution in [0, 0.1) is 6.92 Å². The maximum atomic E-state index is 11.4. The van der Waals surface area contributed by atoms with Crippen LogP contribution in [-0.2, 0) is 5.41 Å². The predicted molar refractivity (Wildman–Crippen MR) is 131 cm³/mol. The molecule has 1 fully saturated rings. The zero-order chi connectivity index (χ0) is 23.8. The van der Waals surface area contributed by atoms with Crippen LogP contribution in [0.15, 0.2) is 58.3 Å². The Morgan fingerprint density at radius 2 is 1.82 bits per heavy atom. The maximum Gasteiger partial charge on any atom is 0.349 e. The van der Waals surface area contributed by atoms with Gasteiger partial charge < -0.3 is 5.32 Å². The van der Waals surface area contributed by atoms with Crippen LogP contribution in [0.2, 0.25) is 5.02 Å². The molecule has 1 saturated carbocycles. The van der Waals surface area contributed by atoms with E-state index in [9.17, 15) is 14.4 Å². The van der Waals surface area contributed by atoms with Gasteiger partial charge >= 0.3 is 5.69 Å². The average molecular weight is 469 g/mol. The van der Waals surface area contributed by atoms with Gasteiger partial charge in [0.05, 0.1) is 10.7 Å². The van der Waals surface area contributed by atoms with Crippen LogP contribution in [0.25, 0.3) is 5.69 Å². The van der Waals surface area contributed by atoms with Gasteiger partial charge in [-0.2, -0.15) is 9.78 Å². The molecule has 1 aromatic heterocycles. The highest BCUT2D eigenvalue weighted by Crippen LogP contribution is 2.38. The van der Waals surface area contributed by atoms with Crippen molar-refractivity contribution in [1.82, 2.24) is 20.1 Å². The van der Waals surface area contributed by atoms with Gasteiger partial charge in [0.1, 0.15) is 6.20 Å². The molecule has 2 N–H and O–H groups in total. The molecule has 2 aromatic carbocycles. The fourth-order valence-electron chi connectivity index (χ4n) is 4.33. The second-order valence-electron chi connectivity index (χ2n) is 8.41. The van der Waals surface area contributed by atoms with E-state index >= 15 is 0 Å². The summed E-state index contributed by atoms with van der Waals surface area (Å²) in [6.45, 7) is 3.28. The molecule has 1 aliphatic rings. The summed E-state index contributed by atoms with van der Waals surface area (Å²) in [5.41, 5.74) is 2.61. The summed E-state index contributed by atoms with van der Waals surface area (Å²) < 4.78 is 0.963.